The number of carbonyl (C=O) groups is 2. The van der Waals surface area contributed by atoms with E-state index in [1.807, 2.05) is 21.9 Å². The number of nitrogens with zero attached hydrogens (tertiary/aromatic N) is 3. The fourth-order valence-electron chi connectivity index (χ4n) is 3.44. The molecule has 0 bridgehead atoms. The third-order valence-electron chi connectivity index (χ3n) is 4.85. The molecule has 1 atom stereocenters. The summed E-state index contributed by atoms with van der Waals surface area (Å²) in [4.78, 5) is 26.5. The lowest BCUT2D eigenvalue weighted by molar-refractivity contribution is -0.131. The van der Waals surface area contributed by atoms with Crippen molar-refractivity contribution in [2.75, 3.05) is 38.3 Å². The van der Waals surface area contributed by atoms with E-state index in [4.69, 9.17) is 4.74 Å². The van der Waals surface area contributed by atoms with E-state index in [1.54, 1.807) is 6.20 Å². The van der Waals surface area contributed by atoms with Crippen LogP contribution in [0, 0.1) is 5.92 Å². The minimum atomic E-state index is -0.0979. The molecule has 0 unspecified atom stereocenters. The number of fused-ring (bicyclic) bond motifs is 1. The van der Waals surface area contributed by atoms with Gasteiger partial charge in [0.15, 0.2) is 0 Å². The number of nitrogens with one attached hydrogen (secondary N) is 1. The highest BCUT2D eigenvalue weighted by atomic mass is 32.2. The van der Waals surface area contributed by atoms with Crippen LogP contribution < -0.4 is 5.32 Å². The van der Waals surface area contributed by atoms with Crippen molar-refractivity contribution >= 4 is 23.6 Å². The van der Waals surface area contributed by atoms with Crippen molar-refractivity contribution in [2.24, 2.45) is 5.92 Å². The van der Waals surface area contributed by atoms with Crippen LogP contribution in [0.2, 0.25) is 0 Å². The lowest BCUT2D eigenvalue weighted by Crippen LogP contribution is -2.44. The molecule has 25 heavy (non-hydrogen) atoms. The molecule has 3 rings (SSSR count). The molecule has 0 aliphatic carbocycles. The quantitative estimate of drug-likeness (QED) is 0.815. The lowest BCUT2D eigenvalue weighted by atomic mass is 10.0. The molecule has 1 saturated heterocycles. The molecule has 0 radical (unpaired) electrons. The Morgan fingerprint density at radius 3 is 2.96 bits per heavy atom. The topological polar surface area (TPSA) is 76.5 Å². The van der Waals surface area contributed by atoms with Crippen LogP contribution in [0.5, 0.6) is 0 Å². The van der Waals surface area contributed by atoms with Gasteiger partial charge < -0.3 is 15.0 Å². The lowest BCUT2D eigenvalue weighted by Gasteiger charge is -2.33. The van der Waals surface area contributed by atoms with Gasteiger partial charge in [0, 0.05) is 32.5 Å². The fraction of sp³-hybridized carbons (Fsp3) is 0.706. The summed E-state index contributed by atoms with van der Waals surface area (Å²) in [6, 6.07) is 1.82. The van der Waals surface area contributed by atoms with Gasteiger partial charge in [-0.15, -0.1) is 0 Å². The van der Waals surface area contributed by atoms with Crippen LogP contribution in [0.15, 0.2) is 12.3 Å². The molecule has 0 spiro atoms. The summed E-state index contributed by atoms with van der Waals surface area (Å²) in [6.45, 7) is 3.38. The fourth-order valence-corrected chi connectivity index (χ4v) is 3.87. The molecular weight excluding hydrogens is 340 g/mol. The molecule has 3 heterocycles. The van der Waals surface area contributed by atoms with Crippen LogP contribution in [0.4, 0.5) is 0 Å². The predicted octanol–water partition coefficient (Wildman–Crippen LogP) is 1.06. The maximum absolute atomic E-state index is 12.4. The highest BCUT2D eigenvalue weighted by Crippen LogP contribution is 2.23. The van der Waals surface area contributed by atoms with E-state index in [0.717, 1.165) is 31.7 Å². The van der Waals surface area contributed by atoms with Crippen LogP contribution in [0.3, 0.4) is 0 Å². The van der Waals surface area contributed by atoms with Crippen LogP contribution >= 0.6 is 11.8 Å². The first-order chi connectivity index (χ1) is 12.2. The second kappa shape index (κ2) is 8.71. The molecule has 1 aromatic rings. The highest BCUT2D eigenvalue weighted by molar-refractivity contribution is 7.99. The van der Waals surface area contributed by atoms with Gasteiger partial charge in [-0.1, -0.05) is 0 Å². The maximum atomic E-state index is 12.4. The normalized spacial score (nSPS) is 21.0. The van der Waals surface area contributed by atoms with Crippen molar-refractivity contribution < 1.29 is 14.3 Å². The van der Waals surface area contributed by atoms with Gasteiger partial charge in [-0.2, -0.15) is 16.9 Å². The molecule has 7 nitrogen and oxygen atoms in total. The van der Waals surface area contributed by atoms with Crippen molar-refractivity contribution in [1.29, 1.82) is 0 Å². The van der Waals surface area contributed by atoms with Gasteiger partial charge in [0.05, 0.1) is 30.5 Å². The summed E-state index contributed by atoms with van der Waals surface area (Å²) in [5.74, 6) is 1.12. The number of carbonyl (C=O) groups excluding carboxylic acids is 2. The summed E-state index contributed by atoms with van der Waals surface area (Å²) in [6.07, 6.45) is 6.02. The maximum Gasteiger partial charge on any atom is 0.232 e. The minimum absolute atomic E-state index is 0.0251. The number of ether oxygens (including phenoxy) is 1. The molecule has 2 aliphatic heterocycles. The van der Waals surface area contributed by atoms with Crippen LogP contribution in [0.25, 0.3) is 0 Å². The van der Waals surface area contributed by atoms with Crippen molar-refractivity contribution in [3.8, 4) is 0 Å². The SMILES string of the molecule is CSCC(=O)N1Cc2ccnn2[C@@H](CC(=O)NCC2CCOCC2)C1. The molecule has 0 aromatic carbocycles. The monoisotopic (exact) mass is 366 g/mol. The second-order valence-electron chi connectivity index (χ2n) is 6.69. The number of rotatable bonds is 6. The Hall–Kier alpha value is -1.54. The number of amides is 2. The molecule has 1 N–H and O–H groups in total. The molecule has 2 amide bonds. The summed E-state index contributed by atoms with van der Waals surface area (Å²) >= 11 is 1.52. The molecule has 0 saturated carbocycles. The van der Waals surface area contributed by atoms with E-state index in [9.17, 15) is 9.59 Å². The largest absolute Gasteiger partial charge is 0.381 e. The van der Waals surface area contributed by atoms with Gasteiger partial charge in [0.25, 0.3) is 0 Å². The standard InChI is InChI=1S/C17H26N4O3S/c1-25-12-17(23)20-10-14-2-5-19-21(14)15(11-20)8-16(22)18-9-13-3-6-24-7-4-13/h2,5,13,15H,3-4,6-12H2,1H3,(H,18,22)/t15-/m0/s1. The smallest absolute Gasteiger partial charge is 0.232 e. The van der Waals surface area contributed by atoms with E-state index in [0.29, 0.717) is 37.7 Å². The number of aromatic nitrogens is 2. The summed E-state index contributed by atoms with van der Waals surface area (Å²) in [5, 5.41) is 7.41. The van der Waals surface area contributed by atoms with Gasteiger partial charge in [-0.05, 0) is 31.1 Å². The van der Waals surface area contributed by atoms with Gasteiger partial charge >= 0.3 is 0 Å². The second-order valence-corrected chi connectivity index (χ2v) is 7.56. The van der Waals surface area contributed by atoms with E-state index >= 15 is 0 Å². The Morgan fingerprint density at radius 1 is 1.40 bits per heavy atom. The average Bonchev–Trinajstić information content (AvgIpc) is 3.10. The molecule has 1 aromatic heterocycles. The van der Waals surface area contributed by atoms with Crippen LogP contribution in [-0.2, 0) is 20.9 Å². The zero-order valence-electron chi connectivity index (χ0n) is 14.6. The van der Waals surface area contributed by atoms with Crippen LogP contribution in [-0.4, -0.2) is 64.8 Å². The van der Waals surface area contributed by atoms with Crippen molar-refractivity contribution in [3.63, 3.8) is 0 Å². The number of thioether (sulfide) groups is 1. The third-order valence-corrected chi connectivity index (χ3v) is 5.39. The van der Waals surface area contributed by atoms with Gasteiger partial charge in [0.1, 0.15) is 0 Å². The van der Waals surface area contributed by atoms with Crippen molar-refractivity contribution in [3.05, 3.63) is 18.0 Å². The molecule has 138 valence electrons. The third kappa shape index (κ3) is 4.76. The Kier molecular flexibility index (Phi) is 6.36. The predicted molar refractivity (Wildman–Crippen MR) is 96.2 cm³/mol. The summed E-state index contributed by atoms with van der Waals surface area (Å²) in [5.41, 5.74) is 0.989. The Labute approximate surface area is 152 Å². The number of hydrogen-bond donors (Lipinski definition) is 1. The van der Waals surface area contributed by atoms with Gasteiger partial charge in [-0.3, -0.25) is 14.3 Å². The first-order valence-electron chi connectivity index (χ1n) is 8.81. The van der Waals surface area contributed by atoms with Gasteiger partial charge in [0.2, 0.25) is 11.8 Å². The van der Waals surface area contributed by atoms with E-state index in [-0.39, 0.29) is 17.9 Å². The first kappa shape index (κ1) is 18.3. The highest BCUT2D eigenvalue weighted by Gasteiger charge is 2.29. The molecule has 1 fully saturated rings. The van der Waals surface area contributed by atoms with E-state index in [2.05, 4.69) is 10.4 Å². The molecule has 2 aliphatic rings. The molecule has 8 heteroatoms. The number of hydrogen-bond acceptors (Lipinski definition) is 5. The zero-order chi connectivity index (χ0) is 17.6. The minimum Gasteiger partial charge on any atom is -0.381 e. The van der Waals surface area contributed by atoms with E-state index < -0.39 is 0 Å². The molecular formula is C17H26N4O3S. The summed E-state index contributed by atoms with van der Waals surface area (Å²) in [7, 11) is 0. The summed E-state index contributed by atoms with van der Waals surface area (Å²) < 4.78 is 7.25. The first-order valence-corrected chi connectivity index (χ1v) is 10.2. The van der Waals surface area contributed by atoms with Crippen molar-refractivity contribution in [1.82, 2.24) is 20.0 Å². The Bertz CT molecular complexity index is 600. The average molecular weight is 366 g/mol. The zero-order valence-corrected chi connectivity index (χ0v) is 15.5. The van der Waals surface area contributed by atoms with Crippen LogP contribution in [0.1, 0.15) is 31.0 Å². The van der Waals surface area contributed by atoms with E-state index in [1.165, 1.54) is 11.8 Å². The van der Waals surface area contributed by atoms with Crippen molar-refractivity contribution in [2.45, 2.75) is 31.8 Å². The Balaban J connectivity index is 1.56. The van der Waals surface area contributed by atoms with Gasteiger partial charge in [-0.25, -0.2) is 0 Å². The Morgan fingerprint density at radius 2 is 2.20 bits per heavy atom.